The molecule has 13 heavy (non-hydrogen) atoms. The molecule has 3 atom stereocenters. The summed E-state index contributed by atoms with van der Waals surface area (Å²) in [6, 6.07) is 0. The van der Waals surface area contributed by atoms with E-state index in [9.17, 15) is 0 Å². The van der Waals surface area contributed by atoms with Crippen LogP contribution in [0.1, 0.15) is 39.0 Å². The summed E-state index contributed by atoms with van der Waals surface area (Å²) in [6.45, 7) is 3.23. The maximum absolute atomic E-state index is 6.16. The van der Waals surface area contributed by atoms with E-state index in [1.807, 2.05) is 0 Å². The Morgan fingerprint density at radius 3 is 2.85 bits per heavy atom. The molecule has 0 aromatic heterocycles. The van der Waals surface area contributed by atoms with E-state index in [1.165, 1.54) is 32.1 Å². The number of hydrogen-bond donors (Lipinski definition) is 0. The zero-order valence-corrected chi connectivity index (χ0v) is 9.52. The standard InChI is InChI=1S/C11H21ClO/c1-9(6-7-13-2)10-4-3-5-11(12)8-10/h9-11H,3-8H2,1-2H3. The Balaban J connectivity index is 2.24. The molecule has 0 saturated heterocycles. The van der Waals surface area contributed by atoms with Crippen LogP contribution >= 0.6 is 11.6 Å². The van der Waals surface area contributed by atoms with Crippen molar-refractivity contribution in [1.29, 1.82) is 0 Å². The van der Waals surface area contributed by atoms with E-state index < -0.39 is 0 Å². The van der Waals surface area contributed by atoms with Crippen molar-refractivity contribution in [1.82, 2.24) is 0 Å². The van der Waals surface area contributed by atoms with Gasteiger partial charge in [-0.05, 0) is 31.1 Å². The number of rotatable bonds is 4. The Hall–Kier alpha value is 0.250. The zero-order chi connectivity index (χ0) is 9.68. The second kappa shape index (κ2) is 5.87. The summed E-state index contributed by atoms with van der Waals surface area (Å²) < 4.78 is 5.10. The van der Waals surface area contributed by atoms with Crippen LogP contribution in [-0.2, 0) is 4.74 Å². The number of methoxy groups -OCH3 is 1. The first-order chi connectivity index (χ1) is 6.24. The first-order valence-electron chi connectivity index (χ1n) is 5.37. The third-order valence-corrected chi connectivity index (χ3v) is 3.63. The van der Waals surface area contributed by atoms with Gasteiger partial charge in [0.2, 0.25) is 0 Å². The summed E-state index contributed by atoms with van der Waals surface area (Å²) in [7, 11) is 1.78. The van der Waals surface area contributed by atoms with Crippen molar-refractivity contribution in [3.63, 3.8) is 0 Å². The average Bonchev–Trinajstić information content (AvgIpc) is 2.14. The molecule has 0 heterocycles. The maximum atomic E-state index is 6.16. The number of alkyl halides is 1. The molecule has 0 aromatic rings. The first kappa shape index (κ1) is 11.3. The Bertz CT molecular complexity index is 138. The van der Waals surface area contributed by atoms with Gasteiger partial charge in [-0.25, -0.2) is 0 Å². The molecule has 0 spiro atoms. The van der Waals surface area contributed by atoms with Gasteiger partial charge >= 0.3 is 0 Å². The molecule has 1 rings (SSSR count). The first-order valence-corrected chi connectivity index (χ1v) is 5.80. The summed E-state index contributed by atoms with van der Waals surface area (Å²) in [6.07, 6.45) is 6.30. The van der Waals surface area contributed by atoms with Gasteiger partial charge in [-0.3, -0.25) is 0 Å². The Labute approximate surface area is 86.8 Å². The maximum Gasteiger partial charge on any atom is 0.0464 e. The molecule has 78 valence electrons. The Morgan fingerprint density at radius 1 is 1.46 bits per heavy atom. The van der Waals surface area contributed by atoms with Crippen molar-refractivity contribution in [2.75, 3.05) is 13.7 Å². The minimum absolute atomic E-state index is 0.434. The van der Waals surface area contributed by atoms with Crippen LogP contribution in [0.5, 0.6) is 0 Å². The Kier molecular flexibility index (Phi) is 5.12. The molecule has 0 radical (unpaired) electrons. The summed E-state index contributed by atoms with van der Waals surface area (Å²) >= 11 is 6.16. The van der Waals surface area contributed by atoms with Gasteiger partial charge in [0.05, 0.1) is 0 Å². The highest BCUT2D eigenvalue weighted by atomic mass is 35.5. The highest BCUT2D eigenvalue weighted by Crippen LogP contribution is 2.33. The SMILES string of the molecule is COCCC(C)C1CCCC(Cl)C1. The molecule has 2 heteroatoms. The van der Waals surface area contributed by atoms with Crippen LogP contribution < -0.4 is 0 Å². The van der Waals surface area contributed by atoms with Gasteiger partial charge in [-0.2, -0.15) is 0 Å². The van der Waals surface area contributed by atoms with E-state index >= 15 is 0 Å². The molecule has 0 bridgehead atoms. The fourth-order valence-electron chi connectivity index (χ4n) is 2.22. The fraction of sp³-hybridized carbons (Fsp3) is 1.00. The van der Waals surface area contributed by atoms with Crippen LogP contribution in [0.2, 0.25) is 0 Å². The third-order valence-electron chi connectivity index (χ3n) is 3.23. The van der Waals surface area contributed by atoms with Crippen LogP contribution in [0.15, 0.2) is 0 Å². The summed E-state index contributed by atoms with van der Waals surface area (Å²) in [5.74, 6) is 1.62. The van der Waals surface area contributed by atoms with E-state index in [4.69, 9.17) is 16.3 Å². The molecule has 0 aliphatic heterocycles. The monoisotopic (exact) mass is 204 g/mol. The van der Waals surface area contributed by atoms with Crippen LogP contribution in [-0.4, -0.2) is 19.1 Å². The molecule has 1 aliphatic rings. The predicted molar refractivity (Wildman–Crippen MR) is 57.3 cm³/mol. The third kappa shape index (κ3) is 3.86. The van der Waals surface area contributed by atoms with Gasteiger partial charge in [0.25, 0.3) is 0 Å². The lowest BCUT2D eigenvalue weighted by molar-refractivity contribution is 0.154. The molecule has 1 nitrogen and oxygen atoms in total. The molecule has 0 N–H and O–H groups in total. The number of ether oxygens (including phenoxy) is 1. The lowest BCUT2D eigenvalue weighted by Gasteiger charge is -2.30. The lowest BCUT2D eigenvalue weighted by atomic mass is 9.79. The van der Waals surface area contributed by atoms with E-state index in [0.29, 0.717) is 5.38 Å². The van der Waals surface area contributed by atoms with Gasteiger partial charge in [0, 0.05) is 19.1 Å². The molecule has 0 aromatic carbocycles. The van der Waals surface area contributed by atoms with Crippen molar-refractivity contribution in [3.8, 4) is 0 Å². The average molecular weight is 205 g/mol. The molecule has 1 fully saturated rings. The molecule has 3 unspecified atom stereocenters. The van der Waals surface area contributed by atoms with E-state index in [1.54, 1.807) is 7.11 Å². The largest absolute Gasteiger partial charge is 0.385 e. The Morgan fingerprint density at radius 2 is 2.23 bits per heavy atom. The number of halogens is 1. The normalized spacial score (nSPS) is 31.6. The quantitative estimate of drug-likeness (QED) is 0.638. The summed E-state index contributed by atoms with van der Waals surface area (Å²) in [4.78, 5) is 0. The topological polar surface area (TPSA) is 9.23 Å². The number of hydrogen-bond acceptors (Lipinski definition) is 1. The molecular formula is C11H21ClO. The van der Waals surface area contributed by atoms with Gasteiger partial charge in [-0.1, -0.05) is 19.8 Å². The van der Waals surface area contributed by atoms with E-state index in [2.05, 4.69) is 6.92 Å². The fourth-order valence-corrected chi connectivity index (χ4v) is 2.61. The van der Waals surface area contributed by atoms with E-state index in [-0.39, 0.29) is 0 Å². The van der Waals surface area contributed by atoms with Crippen molar-refractivity contribution >= 4 is 11.6 Å². The minimum Gasteiger partial charge on any atom is -0.385 e. The van der Waals surface area contributed by atoms with Crippen molar-refractivity contribution in [2.45, 2.75) is 44.4 Å². The lowest BCUT2D eigenvalue weighted by Crippen LogP contribution is -2.22. The van der Waals surface area contributed by atoms with Gasteiger partial charge in [0.1, 0.15) is 0 Å². The molecule has 1 aliphatic carbocycles. The van der Waals surface area contributed by atoms with Crippen LogP contribution in [0.4, 0.5) is 0 Å². The van der Waals surface area contributed by atoms with Crippen LogP contribution in [0, 0.1) is 11.8 Å². The van der Waals surface area contributed by atoms with Gasteiger partial charge in [-0.15, -0.1) is 11.6 Å². The molecule has 1 saturated carbocycles. The highest BCUT2D eigenvalue weighted by molar-refractivity contribution is 6.20. The van der Waals surface area contributed by atoms with E-state index in [0.717, 1.165) is 18.4 Å². The summed E-state index contributed by atoms with van der Waals surface area (Å²) in [5, 5.41) is 0.434. The molecule has 0 amide bonds. The second-order valence-electron chi connectivity index (χ2n) is 4.28. The molecular weight excluding hydrogens is 184 g/mol. The smallest absolute Gasteiger partial charge is 0.0464 e. The van der Waals surface area contributed by atoms with Crippen molar-refractivity contribution < 1.29 is 4.74 Å². The van der Waals surface area contributed by atoms with Crippen molar-refractivity contribution in [2.24, 2.45) is 11.8 Å². The summed E-state index contributed by atoms with van der Waals surface area (Å²) in [5.41, 5.74) is 0. The zero-order valence-electron chi connectivity index (χ0n) is 8.76. The predicted octanol–water partition coefficient (Wildman–Crippen LogP) is 3.46. The van der Waals surface area contributed by atoms with Crippen LogP contribution in [0.3, 0.4) is 0 Å². The van der Waals surface area contributed by atoms with Crippen molar-refractivity contribution in [3.05, 3.63) is 0 Å². The second-order valence-corrected chi connectivity index (χ2v) is 4.90. The van der Waals surface area contributed by atoms with Gasteiger partial charge in [0.15, 0.2) is 0 Å². The van der Waals surface area contributed by atoms with Gasteiger partial charge < -0.3 is 4.74 Å². The minimum atomic E-state index is 0.434. The highest BCUT2D eigenvalue weighted by Gasteiger charge is 2.24. The van der Waals surface area contributed by atoms with Crippen LogP contribution in [0.25, 0.3) is 0 Å².